The summed E-state index contributed by atoms with van der Waals surface area (Å²) in [5.41, 5.74) is 1.10. The van der Waals surface area contributed by atoms with Crippen LogP contribution in [0.4, 0.5) is 19.1 Å². The highest BCUT2D eigenvalue weighted by Crippen LogP contribution is 2.27. The van der Waals surface area contributed by atoms with E-state index in [4.69, 9.17) is 11.6 Å². The van der Waals surface area contributed by atoms with Gasteiger partial charge in [-0.2, -0.15) is 28.1 Å². The summed E-state index contributed by atoms with van der Waals surface area (Å²) in [6.07, 6.45) is 0.239. The highest BCUT2D eigenvalue weighted by atomic mass is 35.5. The number of aromatic nitrogens is 4. The number of alkyl halides is 3. The fourth-order valence-corrected chi connectivity index (χ4v) is 1.96. The van der Waals surface area contributed by atoms with Crippen molar-refractivity contribution >= 4 is 17.5 Å². The van der Waals surface area contributed by atoms with Gasteiger partial charge in [0.05, 0.1) is 0 Å². The molecule has 2 rings (SSSR count). The van der Waals surface area contributed by atoms with Crippen LogP contribution >= 0.6 is 11.6 Å². The van der Waals surface area contributed by atoms with Gasteiger partial charge in [0.1, 0.15) is 0 Å². The quantitative estimate of drug-likeness (QED) is 0.843. The van der Waals surface area contributed by atoms with Gasteiger partial charge in [-0.05, 0) is 42.1 Å². The molecule has 0 fully saturated rings. The summed E-state index contributed by atoms with van der Waals surface area (Å²) in [5, 5.41) is -0.474. The summed E-state index contributed by atoms with van der Waals surface area (Å²) in [6.45, 7) is 0.486. The van der Waals surface area contributed by atoms with E-state index in [0.717, 1.165) is 18.4 Å². The summed E-state index contributed by atoms with van der Waals surface area (Å²) < 4.78 is 37.9. The molecule has 0 N–H and O–H groups in total. The van der Waals surface area contributed by atoms with Crippen LogP contribution < -0.4 is 4.90 Å². The maximum Gasteiger partial charge on any atom is 0.451 e. The minimum atomic E-state index is -4.65. The zero-order valence-corrected chi connectivity index (χ0v) is 12.4. The van der Waals surface area contributed by atoms with E-state index in [-0.39, 0.29) is 5.95 Å². The molecule has 0 aliphatic rings. The minimum absolute atomic E-state index is 0.0953. The first-order valence-corrected chi connectivity index (χ1v) is 6.83. The minimum Gasteiger partial charge on any atom is -0.344 e. The predicted octanol–water partition coefficient (Wildman–Crippen LogP) is 3.01. The van der Waals surface area contributed by atoms with Crippen LogP contribution in [0, 0.1) is 0 Å². The Morgan fingerprint density at radius 2 is 1.82 bits per heavy atom. The van der Waals surface area contributed by atoms with Gasteiger partial charge >= 0.3 is 6.18 Å². The van der Waals surface area contributed by atoms with Crippen LogP contribution in [-0.2, 0) is 12.6 Å². The molecule has 0 saturated carbocycles. The number of aryl methyl sites for hydroxylation is 1. The second-order valence-electron chi connectivity index (χ2n) is 4.61. The topological polar surface area (TPSA) is 54.8 Å². The predicted molar refractivity (Wildman–Crippen MR) is 75.7 cm³/mol. The zero-order chi connectivity index (χ0) is 16.2. The van der Waals surface area contributed by atoms with Crippen LogP contribution in [0.25, 0.3) is 0 Å². The zero-order valence-electron chi connectivity index (χ0n) is 11.7. The molecule has 0 aliphatic heterocycles. The highest BCUT2D eigenvalue weighted by Gasteiger charge is 2.36. The fraction of sp³-hybridized carbons (Fsp3) is 0.385. The van der Waals surface area contributed by atoms with E-state index in [2.05, 4.69) is 19.9 Å². The first-order valence-electron chi connectivity index (χ1n) is 6.45. The average molecular weight is 332 g/mol. The molecule has 118 valence electrons. The number of halogens is 4. The van der Waals surface area contributed by atoms with Crippen molar-refractivity contribution in [1.29, 1.82) is 0 Å². The van der Waals surface area contributed by atoms with Gasteiger partial charge in [0.2, 0.25) is 17.1 Å². The Morgan fingerprint density at radius 3 is 2.45 bits per heavy atom. The summed E-state index contributed by atoms with van der Waals surface area (Å²) in [6, 6.07) is 3.78. The largest absolute Gasteiger partial charge is 0.451 e. The van der Waals surface area contributed by atoms with Crippen molar-refractivity contribution in [2.24, 2.45) is 0 Å². The van der Waals surface area contributed by atoms with E-state index in [0.29, 0.717) is 6.54 Å². The third-order valence-corrected chi connectivity index (χ3v) is 3.07. The molecule has 22 heavy (non-hydrogen) atoms. The van der Waals surface area contributed by atoms with E-state index in [9.17, 15) is 13.2 Å². The molecule has 0 spiro atoms. The first kappa shape index (κ1) is 16.4. The molecular weight excluding hydrogens is 319 g/mol. The second kappa shape index (κ2) is 6.87. The third-order valence-electron chi connectivity index (χ3n) is 2.90. The lowest BCUT2D eigenvalue weighted by atomic mass is 10.1. The fourth-order valence-electron chi connectivity index (χ4n) is 1.81. The Morgan fingerprint density at radius 1 is 1.14 bits per heavy atom. The van der Waals surface area contributed by atoms with Crippen LogP contribution in [0.5, 0.6) is 0 Å². The monoisotopic (exact) mass is 331 g/mol. The third kappa shape index (κ3) is 4.52. The average Bonchev–Trinajstić information content (AvgIpc) is 2.46. The number of nitrogens with zero attached hydrogens (tertiary/aromatic N) is 5. The number of anilines is 1. The molecule has 2 aromatic rings. The van der Waals surface area contributed by atoms with E-state index in [1.165, 1.54) is 4.90 Å². The molecule has 2 aromatic heterocycles. The van der Waals surface area contributed by atoms with Crippen LogP contribution in [0.15, 0.2) is 24.5 Å². The maximum absolute atomic E-state index is 12.6. The Hall–Kier alpha value is -1.96. The molecule has 9 heteroatoms. The molecule has 0 aliphatic carbocycles. The lowest BCUT2D eigenvalue weighted by Crippen LogP contribution is -2.24. The Kier molecular flexibility index (Phi) is 5.12. The van der Waals surface area contributed by atoms with Gasteiger partial charge < -0.3 is 4.90 Å². The number of rotatable bonds is 5. The van der Waals surface area contributed by atoms with Crippen molar-refractivity contribution in [1.82, 2.24) is 19.9 Å². The summed E-state index contributed by atoms with van der Waals surface area (Å²) in [5.74, 6) is -1.38. The number of pyridine rings is 1. The first-order chi connectivity index (χ1) is 10.4. The van der Waals surface area contributed by atoms with Crippen LogP contribution in [0.3, 0.4) is 0 Å². The standard InChI is InChI=1S/C13H13ClF3N5/c1-22(8-2-3-9-4-6-18-7-5-9)12-20-10(13(15,16)17)19-11(14)21-12/h4-7H,2-3,8H2,1H3. The van der Waals surface area contributed by atoms with Gasteiger partial charge in [0, 0.05) is 26.0 Å². The molecule has 0 unspecified atom stereocenters. The van der Waals surface area contributed by atoms with Gasteiger partial charge in [0.25, 0.3) is 0 Å². The normalized spacial score (nSPS) is 11.5. The van der Waals surface area contributed by atoms with Crippen LogP contribution in [0.1, 0.15) is 17.8 Å². The van der Waals surface area contributed by atoms with E-state index in [1.807, 2.05) is 12.1 Å². The van der Waals surface area contributed by atoms with Gasteiger partial charge in [0.15, 0.2) is 0 Å². The molecular formula is C13H13ClF3N5. The van der Waals surface area contributed by atoms with Crippen molar-refractivity contribution in [2.45, 2.75) is 19.0 Å². The molecule has 0 radical (unpaired) electrons. The van der Waals surface area contributed by atoms with E-state index >= 15 is 0 Å². The smallest absolute Gasteiger partial charge is 0.344 e. The van der Waals surface area contributed by atoms with Crippen molar-refractivity contribution < 1.29 is 13.2 Å². The molecule has 0 atom stereocenters. The number of hydrogen-bond donors (Lipinski definition) is 0. The molecule has 0 amide bonds. The van der Waals surface area contributed by atoms with Crippen LogP contribution in [-0.4, -0.2) is 33.5 Å². The Bertz CT molecular complexity index is 621. The highest BCUT2D eigenvalue weighted by molar-refractivity contribution is 6.28. The van der Waals surface area contributed by atoms with Crippen molar-refractivity contribution in [3.05, 3.63) is 41.2 Å². The summed E-state index contributed by atoms with van der Waals surface area (Å²) in [7, 11) is 1.61. The van der Waals surface area contributed by atoms with Gasteiger partial charge in [-0.3, -0.25) is 4.98 Å². The SMILES string of the molecule is CN(CCCc1ccncc1)c1nc(Cl)nc(C(F)(F)F)n1. The Labute approximate surface area is 130 Å². The molecule has 0 saturated heterocycles. The van der Waals surface area contributed by atoms with E-state index in [1.54, 1.807) is 19.4 Å². The lowest BCUT2D eigenvalue weighted by Gasteiger charge is -2.17. The van der Waals surface area contributed by atoms with Gasteiger partial charge in [-0.1, -0.05) is 0 Å². The lowest BCUT2D eigenvalue weighted by molar-refractivity contribution is -0.145. The Balaban J connectivity index is 2.00. The molecule has 0 bridgehead atoms. The maximum atomic E-state index is 12.6. The molecule has 5 nitrogen and oxygen atoms in total. The molecule has 2 heterocycles. The van der Waals surface area contributed by atoms with Gasteiger partial charge in [-0.15, -0.1) is 0 Å². The summed E-state index contributed by atoms with van der Waals surface area (Å²) >= 11 is 5.53. The van der Waals surface area contributed by atoms with Crippen LogP contribution in [0.2, 0.25) is 5.28 Å². The number of hydrogen-bond acceptors (Lipinski definition) is 5. The van der Waals surface area contributed by atoms with Crippen molar-refractivity contribution in [3.63, 3.8) is 0 Å². The van der Waals surface area contributed by atoms with Crippen molar-refractivity contribution in [3.8, 4) is 0 Å². The van der Waals surface area contributed by atoms with Gasteiger partial charge in [-0.25, -0.2) is 0 Å². The second-order valence-corrected chi connectivity index (χ2v) is 4.94. The molecule has 0 aromatic carbocycles. The summed E-state index contributed by atoms with van der Waals surface area (Å²) in [4.78, 5) is 15.7. The van der Waals surface area contributed by atoms with Crippen molar-refractivity contribution in [2.75, 3.05) is 18.5 Å². The van der Waals surface area contributed by atoms with E-state index < -0.39 is 17.3 Å².